The second kappa shape index (κ2) is 10.0. The summed E-state index contributed by atoms with van der Waals surface area (Å²) in [6.45, 7) is 0.355. The maximum absolute atomic E-state index is 13.2. The normalized spacial score (nSPS) is 16.0. The molecule has 1 amide bonds. The molecule has 33 heavy (non-hydrogen) atoms. The van der Waals surface area contributed by atoms with Crippen LogP contribution in [0, 0.1) is 0 Å². The van der Waals surface area contributed by atoms with Gasteiger partial charge in [-0.3, -0.25) is 9.59 Å². The van der Waals surface area contributed by atoms with E-state index in [1.54, 1.807) is 30.2 Å². The van der Waals surface area contributed by atoms with Crippen LogP contribution >= 0.6 is 0 Å². The molecule has 0 bridgehead atoms. The lowest BCUT2D eigenvalue weighted by Gasteiger charge is -2.27. The predicted molar refractivity (Wildman–Crippen MR) is 128 cm³/mol. The molecule has 0 fully saturated rings. The minimum absolute atomic E-state index is 0.0773. The minimum Gasteiger partial charge on any atom is -0.503 e. The van der Waals surface area contributed by atoms with Gasteiger partial charge < -0.3 is 14.7 Å². The molecule has 3 aromatic rings. The largest absolute Gasteiger partial charge is 0.503 e. The van der Waals surface area contributed by atoms with Gasteiger partial charge in [-0.25, -0.2) is 0 Å². The van der Waals surface area contributed by atoms with Gasteiger partial charge in [0.2, 0.25) is 0 Å². The molecule has 1 unspecified atom stereocenters. The smallest absolute Gasteiger partial charge is 0.290 e. The van der Waals surface area contributed by atoms with E-state index in [0.29, 0.717) is 24.3 Å². The van der Waals surface area contributed by atoms with Crippen molar-refractivity contribution in [3.05, 3.63) is 119 Å². The van der Waals surface area contributed by atoms with Gasteiger partial charge >= 0.3 is 0 Å². The van der Waals surface area contributed by atoms with Crippen LogP contribution in [0.1, 0.15) is 22.7 Å². The average molecular weight is 440 g/mol. The molecule has 166 valence electrons. The number of carbonyl (C=O) groups is 2. The molecule has 1 N–H and O–H groups in total. The van der Waals surface area contributed by atoms with E-state index in [9.17, 15) is 14.7 Å². The van der Waals surface area contributed by atoms with Crippen molar-refractivity contribution in [2.75, 3.05) is 13.7 Å². The SMILES string of the molecule is COc1cccc(C2C(C(=O)C=Cc3ccccc3)=C(O)C(=O)N2CCc2ccccc2)c1. The Bertz CT molecular complexity index is 1200. The van der Waals surface area contributed by atoms with Gasteiger partial charge in [-0.15, -0.1) is 0 Å². The van der Waals surface area contributed by atoms with Crippen molar-refractivity contribution in [3.8, 4) is 5.75 Å². The van der Waals surface area contributed by atoms with E-state index < -0.39 is 23.5 Å². The second-order valence-corrected chi connectivity index (χ2v) is 7.78. The quantitative estimate of drug-likeness (QED) is 0.506. The Morgan fingerprint density at radius 3 is 2.39 bits per heavy atom. The van der Waals surface area contributed by atoms with Crippen LogP contribution in [0.2, 0.25) is 0 Å². The van der Waals surface area contributed by atoms with Crippen molar-refractivity contribution in [3.63, 3.8) is 0 Å². The fraction of sp³-hybridized carbons (Fsp3) is 0.143. The predicted octanol–water partition coefficient (Wildman–Crippen LogP) is 4.92. The summed E-state index contributed by atoms with van der Waals surface area (Å²) >= 11 is 0. The fourth-order valence-corrected chi connectivity index (χ4v) is 4.01. The average Bonchev–Trinajstić information content (AvgIpc) is 3.12. The van der Waals surface area contributed by atoms with Crippen molar-refractivity contribution in [2.24, 2.45) is 0 Å². The van der Waals surface area contributed by atoms with Crippen molar-refractivity contribution in [1.82, 2.24) is 4.90 Å². The summed E-state index contributed by atoms with van der Waals surface area (Å²) in [6.07, 6.45) is 3.69. The highest BCUT2D eigenvalue weighted by molar-refractivity contribution is 6.14. The molecule has 0 spiro atoms. The highest BCUT2D eigenvalue weighted by Gasteiger charge is 2.42. The van der Waals surface area contributed by atoms with Crippen LogP contribution in [0.15, 0.2) is 102 Å². The van der Waals surface area contributed by atoms with Gasteiger partial charge in [-0.05, 0) is 41.3 Å². The van der Waals surface area contributed by atoms with Crippen LogP contribution in [-0.4, -0.2) is 35.4 Å². The van der Waals surface area contributed by atoms with Gasteiger partial charge in [0.05, 0.1) is 18.7 Å². The van der Waals surface area contributed by atoms with E-state index in [1.807, 2.05) is 72.8 Å². The summed E-state index contributed by atoms with van der Waals surface area (Å²) in [5.74, 6) is -0.838. The van der Waals surface area contributed by atoms with Gasteiger partial charge in [-0.2, -0.15) is 0 Å². The first-order chi connectivity index (χ1) is 16.1. The third-order valence-electron chi connectivity index (χ3n) is 5.69. The standard InChI is InChI=1S/C28H25NO4/c1-33-23-14-8-13-22(19-23)26-25(24(30)16-15-20-9-4-2-5-10-20)27(31)28(32)29(26)18-17-21-11-6-3-7-12-21/h2-16,19,26,31H,17-18H2,1H3. The van der Waals surface area contributed by atoms with E-state index >= 15 is 0 Å². The number of methoxy groups -OCH3 is 1. The maximum atomic E-state index is 13.2. The van der Waals surface area contributed by atoms with E-state index in [0.717, 1.165) is 11.1 Å². The summed E-state index contributed by atoms with van der Waals surface area (Å²) in [6, 6.07) is 25.7. The molecule has 5 heteroatoms. The third kappa shape index (κ3) is 4.88. The Hall–Kier alpha value is -4.12. The summed E-state index contributed by atoms with van der Waals surface area (Å²) < 4.78 is 5.35. The molecule has 0 saturated heterocycles. The summed E-state index contributed by atoms with van der Waals surface area (Å²) in [5.41, 5.74) is 2.71. The molecule has 1 aliphatic rings. The zero-order chi connectivity index (χ0) is 23.2. The number of hydrogen-bond donors (Lipinski definition) is 1. The molecule has 5 nitrogen and oxygen atoms in total. The van der Waals surface area contributed by atoms with E-state index in [4.69, 9.17) is 4.74 Å². The molecule has 4 rings (SSSR count). The first-order valence-electron chi connectivity index (χ1n) is 10.8. The van der Waals surface area contributed by atoms with Gasteiger partial charge in [0.25, 0.3) is 5.91 Å². The minimum atomic E-state index is -0.704. The first kappa shape index (κ1) is 22.1. The number of ether oxygens (including phenoxy) is 1. The lowest BCUT2D eigenvalue weighted by molar-refractivity contribution is -0.129. The third-order valence-corrected chi connectivity index (χ3v) is 5.69. The number of allylic oxidation sites excluding steroid dienone is 1. The summed E-state index contributed by atoms with van der Waals surface area (Å²) in [7, 11) is 1.56. The van der Waals surface area contributed by atoms with Crippen molar-refractivity contribution >= 4 is 17.8 Å². The van der Waals surface area contributed by atoms with Crippen LogP contribution in [0.4, 0.5) is 0 Å². The molecular weight excluding hydrogens is 414 g/mol. The number of amides is 1. The zero-order valence-electron chi connectivity index (χ0n) is 18.3. The second-order valence-electron chi connectivity index (χ2n) is 7.78. The maximum Gasteiger partial charge on any atom is 0.290 e. The number of aliphatic hydroxyl groups excluding tert-OH is 1. The van der Waals surface area contributed by atoms with Gasteiger partial charge in [0.1, 0.15) is 5.75 Å². The monoisotopic (exact) mass is 439 g/mol. The number of carbonyl (C=O) groups excluding carboxylic acids is 2. The van der Waals surface area contributed by atoms with Crippen molar-refractivity contribution < 1.29 is 19.4 Å². The highest BCUT2D eigenvalue weighted by atomic mass is 16.5. The van der Waals surface area contributed by atoms with Crippen LogP contribution in [0.5, 0.6) is 5.75 Å². The lowest BCUT2D eigenvalue weighted by Crippen LogP contribution is -2.33. The van der Waals surface area contributed by atoms with Crippen LogP contribution < -0.4 is 4.74 Å². The summed E-state index contributed by atoms with van der Waals surface area (Å²) in [4.78, 5) is 27.8. The molecule has 1 heterocycles. The summed E-state index contributed by atoms with van der Waals surface area (Å²) in [5, 5.41) is 10.8. The highest BCUT2D eigenvalue weighted by Crippen LogP contribution is 2.39. The van der Waals surface area contributed by atoms with E-state index in [2.05, 4.69) is 0 Å². The van der Waals surface area contributed by atoms with Crippen molar-refractivity contribution in [1.29, 1.82) is 0 Å². The Kier molecular flexibility index (Phi) is 6.69. The number of hydrogen-bond acceptors (Lipinski definition) is 4. The van der Waals surface area contributed by atoms with E-state index in [-0.39, 0.29) is 5.57 Å². The molecule has 1 atom stereocenters. The number of aliphatic hydroxyl groups is 1. The van der Waals surface area contributed by atoms with Gasteiger partial charge in [-0.1, -0.05) is 78.9 Å². The van der Waals surface area contributed by atoms with Gasteiger partial charge in [0, 0.05) is 6.54 Å². The molecule has 0 radical (unpaired) electrons. The number of nitrogens with zero attached hydrogens (tertiary/aromatic N) is 1. The Balaban J connectivity index is 1.68. The zero-order valence-corrected chi connectivity index (χ0v) is 18.3. The Morgan fingerprint density at radius 1 is 1.00 bits per heavy atom. The van der Waals surface area contributed by atoms with Crippen LogP contribution in [0.25, 0.3) is 6.08 Å². The molecule has 0 aromatic heterocycles. The number of benzene rings is 3. The lowest BCUT2D eigenvalue weighted by atomic mass is 9.95. The Labute approximate surface area is 193 Å². The van der Waals surface area contributed by atoms with Crippen LogP contribution in [0.3, 0.4) is 0 Å². The van der Waals surface area contributed by atoms with E-state index in [1.165, 1.54) is 6.08 Å². The molecule has 1 aliphatic heterocycles. The van der Waals surface area contributed by atoms with Gasteiger partial charge in [0.15, 0.2) is 11.5 Å². The molecular formula is C28H25NO4. The first-order valence-corrected chi connectivity index (χ1v) is 10.8. The fourth-order valence-electron chi connectivity index (χ4n) is 4.01. The van der Waals surface area contributed by atoms with Crippen LogP contribution in [-0.2, 0) is 16.0 Å². The Morgan fingerprint density at radius 2 is 1.70 bits per heavy atom. The van der Waals surface area contributed by atoms with Crippen molar-refractivity contribution in [2.45, 2.75) is 12.5 Å². The number of ketones is 1. The molecule has 3 aromatic carbocycles. The number of rotatable bonds is 8. The topological polar surface area (TPSA) is 66.8 Å². The molecule has 0 aliphatic carbocycles. The molecule has 0 saturated carbocycles.